The van der Waals surface area contributed by atoms with Gasteiger partial charge in [0.2, 0.25) is 5.91 Å². The highest BCUT2D eigenvalue weighted by atomic mass is 16.2. The first kappa shape index (κ1) is 12.7. The molecule has 0 bridgehead atoms. The third-order valence-corrected chi connectivity index (χ3v) is 1.45. The molecule has 0 aliphatic heterocycles. The Morgan fingerprint density at radius 1 is 1.29 bits per heavy atom. The van der Waals surface area contributed by atoms with E-state index in [4.69, 9.17) is 5.73 Å². The topological polar surface area (TPSA) is 55.1 Å². The SMILES string of the molecule is CC.CC(N)C(=O)Nc1ccccc1. The Hall–Kier alpha value is -1.35. The molecular formula is C11H18N2O. The van der Waals surface area contributed by atoms with Gasteiger partial charge in [-0.25, -0.2) is 0 Å². The average Bonchev–Trinajstić information content (AvgIpc) is 2.22. The summed E-state index contributed by atoms with van der Waals surface area (Å²) in [5, 5.41) is 2.68. The maximum absolute atomic E-state index is 11.1. The van der Waals surface area contributed by atoms with Crippen molar-refractivity contribution in [3.63, 3.8) is 0 Å². The lowest BCUT2D eigenvalue weighted by atomic mass is 10.3. The van der Waals surface area contributed by atoms with E-state index < -0.39 is 6.04 Å². The summed E-state index contributed by atoms with van der Waals surface area (Å²) in [5.41, 5.74) is 6.15. The van der Waals surface area contributed by atoms with Crippen molar-refractivity contribution in [2.75, 3.05) is 5.32 Å². The summed E-state index contributed by atoms with van der Waals surface area (Å²) >= 11 is 0. The summed E-state index contributed by atoms with van der Waals surface area (Å²) in [6, 6.07) is 8.78. The van der Waals surface area contributed by atoms with Crippen LogP contribution in [0.5, 0.6) is 0 Å². The third kappa shape index (κ3) is 4.62. The second-order valence-electron chi connectivity index (χ2n) is 2.64. The largest absolute Gasteiger partial charge is 0.325 e. The number of para-hydroxylation sites is 1. The molecule has 14 heavy (non-hydrogen) atoms. The van der Waals surface area contributed by atoms with Gasteiger partial charge >= 0.3 is 0 Å². The molecule has 1 atom stereocenters. The first-order valence-electron chi connectivity index (χ1n) is 4.81. The Morgan fingerprint density at radius 2 is 1.79 bits per heavy atom. The molecule has 0 saturated carbocycles. The molecule has 1 amide bonds. The van der Waals surface area contributed by atoms with E-state index >= 15 is 0 Å². The first-order chi connectivity index (χ1) is 6.70. The van der Waals surface area contributed by atoms with Gasteiger partial charge in [0.25, 0.3) is 0 Å². The van der Waals surface area contributed by atoms with Crippen molar-refractivity contribution in [2.24, 2.45) is 5.73 Å². The molecule has 0 fully saturated rings. The van der Waals surface area contributed by atoms with Gasteiger partial charge in [-0.2, -0.15) is 0 Å². The lowest BCUT2D eigenvalue weighted by Gasteiger charge is -2.06. The molecule has 0 aromatic heterocycles. The summed E-state index contributed by atoms with van der Waals surface area (Å²) in [7, 11) is 0. The maximum atomic E-state index is 11.1. The van der Waals surface area contributed by atoms with Gasteiger partial charge in [-0.1, -0.05) is 32.0 Å². The number of carbonyl (C=O) groups is 1. The molecule has 3 N–H and O–H groups in total. The van der Waals surface area contributed by atoms with Crippen molar-refractivity contribution in [3.8, 4) is 0 Å². The summed E-state index contributed by atoms with van der Waals surface area (Å²) in [6.45, 7) is 5.65. The Morgan fingerprint density at radius 3 is 2.21 bits per heavy atom. The fourth-order valence-electron chi connectivity index (χ4n) is 0.778. The van der Waals surface area contributed by atoms with Crippen LogP contribution >= 0.6 is 0 Å². The Kier molecular flexibility index (Phi) is 6.41. The quantitative estimate of drug-likeness (QED) is 0.756. The molecular weight excluding hydrogens is 176 g/mol. The molecule has 1 rings (SSSR count). The van der Waals surface area contributed by atoms with Crippen molar-refractivity contribution in [1.82, 2.24) is 0 Å². The van der Waals surface area contributed by atoms with E-state index in [0.717, 1.165) is 5.69 Å². The molecule has 1 unspecified atom stereocenters. The summed E-state index contributed by atoms with van der Waals surface area (Å²) in [4.78, 5) is 11.1. The number of carbonyl (C=O) groups excluding carboxylic acids is 1. The number of anilines is 1. The van der Waals surface area contributed by atoms with Gasteiger partial charge < -0.3 is 11.1 Å². The smallest absolute Gasteiger partial charge is 0.240 e. The minimum absolute atomic E-state index is 0.166. The Labute approximate surface area is 85.3 Å². The molecule has 0 heterocycles. The van der Waals surface area contributed by atoms with E-state index in [-0.39, 0.29) is 5.91 Å². The molecule has 1 aromatic rings. The van der Waals surface area contributed by atoms with E-state index in [2.05, 4.69) is 5.32 Å². The maximum Gasteiger partial charge on any atom is 0.240 e. The minimum atomic E-state index is -0.467. The predicted molar refractivity (Wildman–Crippen MR) is 60.1 cm³/mol. The molecule has 1 aromatic carbocycles. The predicted octanol–water partition coefficient (Wildman–Crippen LogP) is 2.00. The van der Waals surface area contributed by atoms with Crippen molar-refractivity contribution < 1.29 is 4.79 Å². The standard InChI is InChI=1S/C9H12N2O.C2H6/c1-7(10)9(12)11-8-5-3-2-4-6-8;1-2/h2-7H,10H2,1H3,(H,11,12);1-2H3. The van der Waals surface area contributed by atoms with Crippen LogP contribution in [0, 0.1) is 0 Å². The van der Waals surface area contributed by atoms with Crippen LogP contribution in [0.15, 0.2) is 30.3 Å². The van der Waals surface area contributed by atoms with Gasteiger partial charge in [0.05, 0.1) is 6.04 Å². The fraction of sp³-hybridized carbons (Fsp3) is 0.364. The van der Waals surface area contributed by atoms with Crippen LogP contribution < -0.4 is 11.1 Å². The molecule has 0 aliphatic rings. The number of hydrogen-bond acceptors (Lipinski definition) is 2. The Balaban J connectivity index is 0.000000791. The van der Waals surface area contributed by atoms with Gasteiger partial charge in [-0.3, -0.25) is 4.79 Å². The molecule has 0 saturated heterocycles. The van der Waals surface area contributed by atoms with Crippen molar-refractivity contribution in [3.05, 3.63) is 30.3 Å². The number of nitrogens with one attached hydrogen (secondary N) is 1. The zero-order chi connectivity index (χ0) is 11.0. The first-order valence-corrected chi connectivity index (χ1v) is 4.81. The van der Waals surface area contributed by atoms with Crippen LogP contribution in [-0.2, 0) is 4.79 Å². The zero-order valence-electron chi connectivity index (χ0n) is 8.95. The van der Waals surface area contributed by atoms with Crippen LogP contribution in [0.2, 0.25) is 0 Å². The summed E-state index contributed by atoms with van der Waals surface area (Å²) < 4.78 is 0. The van der Waals surface area contributed by atoms with Crippen LogP contribution in [-0.4, -0.2) is 11.9 Å². The molecule has 3 nitrogen and oxygen atoms in total. The van der Waals surface area contributed by atoms with Crippen molar-refractivity contribution in [2.45, 2.75) is 26.8 Å². The second kappa shape index (κ2) is 7.09. The zero-order valence-corrected chi connectivity index (χ0v) is 8.95. The number of rotatable bonds is 2. The minimum Gasteiger partial charge on any atom is -0.325 e. The van der Waals surface area contributed by atoms with Crippen molar-refractivity contribution >= 4 is 11.6 Å². The number of hydrogen-bond donors (Lipinski definition) is 2. The van der Waals surface area contributed by atoms with Gasteiger partial charge in [0.15, 0.2) is 0 Å². The molecule has 78 valence electrons. The molecule has 3 heteroatoms. The van der Waals surface area contributed by atoms with Gasteiger partial charge in [-0.15, -0.1) is 0 Å². The highest BCUT2D eigenvalue weighted by Crippen LogP contribution is 2.04. The number of nitrogens with two attached hydrogens (primary N) is 1. The summed E-state index contributed by atoms with van der Waals surface area (Å²) in [5.74, 6) is -0.166. The van der Waals surface area contributed by atoms with E-state index in [0.29, 0.717) is 0 Å². The highest BCUT2D eigenvalue weighted by Gasteiger charge is 2.05. The third-order valence-electron chi connectivity index (χ3n) is 1.45. The van der Waals surface area contributed by atoms with Gasteiger partial charge in [-0.05, 0) is 19.1 Å². The van der Waals surface area contributed by atoms with Crippen LogP contribution in [0.4, 0.5) is 5.69 Å². The summed E-state index contributed by atoms with van der Waals surface area (Å²) in [6.07, 6.45) is 0. The van der Waals surface area contributed by atoms with E-state index in [1.165, 1.54) is 0 Å². The molecule has 0 spiro atoms. The molecule has 0 radical (unpaired) electrons. The van der Waals surface area contributed by atoms with E-state index in [1.807, 2.05) is 44.2 Å². The lowest BCUT2D eigenvalue weighted by Crippen LogP contribution is -2.32. The van der Waals surface area contributed by atoms with E-state index in [1.54, 1.807) is 6.92 Å². The van der Waals surface area contributed by atoms with E-state index in [9.17, 15) is 4.79 Å². The van der Waals surface area contributed by atoms with Crippen LogP contribution in [0.1, 0.15) is 20.8 Å². The normalized spacial score (nSPS) is 10.9. The Bertz CT molecular complexity index is 257. The van der Waals surface area contributed by atoms with Crippen LogP contribution in [0.3, 0.4) is 0 Å². The number of benzene rings is 1. The lowest BCUT2D eigenvalue weighted by molar-refractivity contribution is -0.117. The fourth-order valence-corrected chi connectivity index (χ4v) is 0.778. The van der Waals surface area contributed by atoms with Gasteiger partial charge in [0.1, 0.15) is 0 Å². The monoisotopic (exact) mass is 194 g/mol. The van der Waals surface area contributed by atoms with Crippen molar-refractivity contribution in [1.29, 1.82) is 0 Å². The highest BCUT2D eigenvalue weighted by molar-refractivity contribution is 5.94. The molecule has 0 aliphatic carbocycles. The second-order valence-corrected chi connectivity index (χ2v) is 2.64. The van der Waals surface area contributed by atoms with Gasteiger partial charge in [0, 0.05) is 5.69 Å². The average molecular weight is 194 g/mol. The number of amides is 1. The van der Waals surface area contributed by atoms with Crippen LogP contribution in [0.25, 0.3) is 0 Å².